The van der Waals surface area contributed by atoms with Gasteiger partial charge in [0, 0.05) is 11.4 Å². The summed E-state index contributed by atoms with van der Waals surface area (Å²) in [6.45, 7) is 4.20. The average molecular weight is 337 g/mol. The normalized spacial score (nSPS) is 15.7. The van der Waals surface area contributed by atoms with E-state index in [1.165, 1.54) is 28.6 Å². The quantitative estimate of drug-likeness (QED) is 0.686. The van der Waals surface area contributed by atoms with Gasteiger partial charge >= 0.3 is 0 Å². The van der Waals surface area contributed by atoms with Gasteiger partial charge in [0.15, 0.2) is 5.16 Å². The molecule has 2 aromatic rings. The highest BCUT2D eigenvalue weighted by atomic mass is 32.2. The first-order valence-electron chi connectivity index (χ1n) is 7.54. The Morgan fingerprint density at radius 3 is 2.86 bits per heavy atom. The highest BCUT2D eigenvalue weighted by molar-refractivity contribution is 8.00. The predicted octanol–water partition coefficient (Wildman–Crippen LogP) is 2.32. The lowest BCUT2D eigenvalue weighted by Gasteiger charge is -2.13. The highest BCUT2D eigenvalue weighted by Gasteiger charge is 2.23. The van der Waals surface area contributed by atoms with Crippen LogP contribution >= 0.6 is 23.1 Å². The molecule has 0 unspecified atom stereocenters. The fourth-order valence-electron chi connectivity index (χ4n) is 2.80. The van der Waals surface area contributed by atoms with Gasteiger partial charge in [-0.05, 0) is 45.1 Å². The number of amides is 1. The smallest absolute Gasteiger partial charge is 0.263 e. The van der Waals surface area contributed by atoms with Crippen molar-refractivity contribution in [1.82, 2.24) is 9.55 Å². The Labute approximate surface area is 136 Å². The molecule has 3 rings (SSSR count). The number of carbonyl (C=O) groups is 1. The van der Waals surface area contributed by atoms with Crippen molar-refractivity contribution >= 4 is 39.2 Å². The SMILES string of the molecule is CCn1c(S[C@@H](C)C(N)=O)nc2sc3c(c2c1=O)CCCC3. The van der Waals surface area contributed by atoms with Crippen LogP contribution in [-0.2, 0) is 24.2 Å². The van der Waals surface area contributed by atoms with Crippen LogP contribution in [0.15, 0.2) is 9.95 Å². The Kier molecular flexibility index (Phi) is 4.27. The first-order chi connectivity index (χ1) is 10.5. The molecule has 118 valence electrons. The summed E-state index contributed by atoms with van der Waals surface area (Å²) in [4.78, 5) is 30.9. The van der Waals surface area contributed by atoms with Crippen molar-refractivity contribution in [2.75, 3.05) is 0 Å². The minimum absolute atomic E-state index is 0.0195. The molecule has 0 saturated carbocycles. The lowest BCUT2D eigenvalue weighted by Crippen LogP contribution is -2.27. The van der Waals surface area contributed by atoms with Gasteiger partial charge in [-0.1, -0.05) is 11.8 Å². The maximum atomic E-state index is 12.9. The minimum atomic E-state index is -0.406. The third-order valence-electron chi connectivity index (χ3n) is 4.04. The van der Waals surface area contributed by atoms with Crippen molar-refractivity contribution in [1.29, 1.82) is 0 Å². The second kappa shape index (κ2) is 6.04. The lowest BCUT2D eigenvalue weighted by atomic mass is 9.97. The molecular formula is C15H19N3O2S2. The lowest BCUT2D eigenvalue weighted by molar-refractivity contribution is -0.117. The van der Waals surface area contributed by atoms with Crippen LogP contribution in [-0.4, -0.2) is 20.7 Å². The van der Waals surface area contributed by atoms with E-state index >= 15 is 0 Å². The van der Waals surface area contributed by atoms with Crippen LogP contribution in [0.1, 0.15) is 37.1 Å². The van der Waals surface area contributed by atoms with Gasteiger partial charge in [0.25, 0.3) is 5.56 Å². The van der Waals surface area contributed by atoms with Gasteiger partial charge < -0.3 is 5.73 Å². The van der Waals surface area contributed by atoms with Crippen molar-refractivity contribution in [3.63, 3.8) is 0 Å². The summed E-state index contributed by atoms with van der Waals surface area (Å²) in [7, 11) is 0. The zero-order valence-electron chi connectivity index (χ0n) is 12.7. The predicted molar refractivity (Wildman–Crippen MR) is 90.7 cm³/mol. The number of thioether (sulfide) groups is 1. The fraction of sp³-hybridized carbons (Fsp3) is 0.533. The molecule has 22 heavy (non-hydrogen) atoms. The van der Waals surface area contributed by atoms with Gasteiger partial charge in [-0.3, -0.25) is 14.2 Å². The number of aryl methyl sites for hydroxylation is 2. The van der Waals surface area contributed by atoms with Crippen LogP contribution < -0.4 is 11.3 Å². The molecule has 2 N–H and O–H groups in total. The fourth-order valence-corrected chi connectivity index (χ4v) is 5.03. The number of hydrogen-bond donors (Lipinski definition) is 1. The Bertz CT molecular complexity index is 794. The maximum Gasteiger partial charge on any atom is 0.263 e. The van der Waals surface area contributed by atoms with Gasteiger partial charge in [-0.2, -0.15) is 0 Å². The number of nitrogens with zero attached hydrogens (tertiary/aromatic N) is 2. The van der Waals surface area contributed by atoms with Gasteiger partial charge in [0.1, 0.15) is 4.83 Å². The molecule has 2 heterocycles. The monoisotopic (exact) mass is 337 g/mol. The molecule has 1 amide bonds. The van der Waals surface area contributed by atoms with Crippen molar-refractivity contribution < 1.29 is 4.79 Å². The third kappa shape index (κ3) is 2.56. The van der Waals surface area contributed by atoms with Crippen molar-refractivity contribution in [2.24, 2.45) is 5.73 Å². The van der Waals surface area contributed by atoms with Crippen LogP contribution in [0.5, 0.6) is 0 Å². The topological polar surface area (TPSA) is 78.0 Å². The number of thiophene rings is 1. The number of nitrogens with two attached hydrogens (primary N) is 1. The van der Waals surface area contributed by atoms with Gasteiger partial charge in [0.2, 0.25) is 5.91 Å². The molecule has 0 aromatic carbocycles. The first-order valence-corrected chi connectivity index (χ1v) is 9.23. The molecule has 7 heteroatoms. The Hall–Kier alpha value is -1.34. The molecule has 1 atom stereocenters. The molecule has 0 radical (unpaired) electrons. The standard InChI is InChI=1S/C15H19N3O2S2/c1-3-18-14(20)11-9-6-4-5-7-10(9)22-13(11)17-15(18)21-8(2)12(16)19/h8H,3-7H2,1-2H3,(H2,16,19)/t8-/m0/s1. The van der Waals surface area contributed by atoms with E-state index in [1.807, 2.05) is 6.92 Å². The second-order valence-electron chi connectivity index (χ2n) is 5.50. The van der Waals surface area contributed by atoms with Crippen molar-refractivity contribution in [3.8, 4) is 0 Å². The van der Waals surface area contributed by atoms with E-state index in [1.54, 1.807) is 22.8 Å². The molecule has 0 spiro atoms. The minimum Gasteiger partial charge on any atom is -0.369 e. The van der Waals surface area contributed by atoms with Gasteiger partial charge in [-0.25, -0.2) is 4.98 Å². The Morgan fingerprint density at radius 1 is 1.45 bits per heavy atom. The molecule has 0 saturated heterocycles. The first kappa shape index (κ1) is 15.6. The molecular weight excluding hydrogens is 318 g/mol. The highest BCUT2D eigenvalue weighted by Crippen LogP contribution is 2.35. The summed E-state index contributed by atoms with van der Waals surface area (Å²) >= 11 is 2.89. The van der Waals surface area contributed by atoms with Gasteiger partial charge in [0.05, 0.1) is 10.6 Å². The van der Waals surface area contributed by atoms with E-state index in [4.69, 9.17) is 5.73 Å². The Balaban J connectivity index is 2.18. The van der Waals surface area contributed by atoms with Crippen LogP contribution in [0.3, 0.4) is 0 Å². The van der Waals surface area contributed by atoms with E-state index < -0.39 is 11.2 Å². The molecule has 1 aliphatic carbocycles. The van der Waals surface area contributed by atoms with E-state index in [-0.39, 0.29) is 5.56 Å². The summed E-state index contributed by atoms with van der Waals surface area (Å²) in [5, 5.41) is 0.972. The summed E-state index contributed by atoms with van der Waals surface area (Å²) < 4.78 is 1.66. The average Bonchev–Trinajstić information content (AvgIpc) is 2.85. The summed E-state index contributed by atoms with van der Waals surface area (Å²) in [6, 6.07) is 0. The van der Waals surface area contributed by atoms with Crippen LogP contribution in [0.25, 0.3) is 10.2 Å². The molecule has 2 aromatic heterocycles. The van der Waals surface area contributed by atoms with E-state index in [0.29, 0.717) is 11.7 Å². The number of hydrogen-bond acceptors (Lipinski definition) is 5. The zero-order valence-corrected chi connectivity index (χ0v) is 14.4. The summed E-state index contributed by atoms with van der Waals surface area (Å²) in [5.74, 6) is -0.396. The number of rotatable bonds is 4. The third-order valence-corrected chi connectivity index (χ3v) is 6.33. The van der Waals surface area contributed by atoms with Crippen LogP contribution in [0.2, 0.25) is 0 Å². The Morgan fingerprint density at radius 2 is 2.18 bits per heavy atom. The van der Waals surface area contributed by atoms with E-state index in [0.717, 1.165) is 29.5 Å². The molecule has 1 aliphatic rings. The summed E-state index contributed by atoms with van der Waals surface area (Å²) in [5.41, 5.74) is 6.55. The molecule has 0 aliphatic heterocycles. The maximum absolute atomic E-state index is 12.9. The molecule has 0 fully saturated rings. The van der Waals surface area contributed by atoms with Crippen LogP contribution in [0, 0.1) is 0 Å². The number of primary amides is 1. The molecule has 5 nitrogen and oxygen atoms in total. The second-order valence-corrected chi connectivity index (χ2v) is 7.89. The van der Waals surface area contributed by atoms with Crippen molar-refractivity contribution in [2.45, 2.75) is 56.5 Å². The van der Waals surface area contributed by atoms with Crippen molar-refractivity contribution in [3.05, 3.63) is 20.8 Å². The van der Waals surface area contributed by atoms with Gasteiger partial charge in [-0.15, -0.1) is 11.3 Å². The van der Waals surface area contributed by atoms with Crippen LogP contribution in [0.4, 0.5) is 0 Å². The number of aromatic nitrogens is 2. The number of fused-ring (bicyclic) bond motifs is 3. The number of carbonyl (C=O) groups excluding carboxylic acids is 1. The zero-order chi connectivity index (χ0) is 15.9. The molecule has 0 bridgehead atoms. The largest absolute Gasteiger partial charge is 0.369 e. The van der Waals surface area contributed by atoms with E-state index in [2.05, 4.69) is 4.98 Å². The summed E-state index contributed by atoms with van der Waals surface area (Å²) in [6.07, 6.45) is 4.34. The van der Waals surface area contributed by atoms with E-state index in [9.17, 15) is 9.59 Å².